The van der Waals surface area contributed by atoms with Crippen molar-refractivity contribution in [2.45, 2.75) is 19.4 Å². The summed E-state index contributed by atoms with van der Waals surface area (Å²) in [5.74, 6) is 2.62. The summed E-state index contributed by atoms with van der Waals surface area (Å²) in [4.78, 5) is 6.41. The highest BCUT2D eigenvalue weighted by Gasteiger charge is 2.13. The molecular weight excluding hydrogens is 380 g/mol. The fourth-order valence-electron chi connectivity index (χ4n) is 3.10. The van der Waals surface area contributed by atoms with E-state index >= 15 is 0 Å². The Morgan fingerprint density at radius 1 is 0.900 bits per heavy atom. The van der Waals surface area contributed by atoms with Crippen molar-refractivity contribution in [3.05, 3.63) is 47.5 Å². The summed E-state index contributed by atoms with van der Waals surface area (Å²) in [5, 5.41) is 6.69. The van der Waals surface area contributed by atoms with Crippen LogP contribution >= 0.6 is 0 Å². The molecule has 0 spiro atoms. The summed E-state index contributed by atoms with van der Waals surface area (Å²) < 4.78 is 16.2. The number of benzene rings is 2. The van der Waals surface area contributed by atoms with Crippen molar-refractivity contribution in [2.24, 2.45) is 4.99 Å². The second-order valence-electron chi connectivity index (χ2n) is 7.05. The highest BCUT2D eigenvalue weighted by molar-refractivity contribution is 5.79. The molecule has 0 unspecified atom stereocenters. The number of hydrogen-bond donors (Lipinski definition) is 2. The number of methoxy groups -OCH3 is 3. The molecule has 0 radical (unpaired) electrons. The Morgan fingerprint density at radius 3 is 2.03 bits per heavy atom. The highest BCUT2D eigenvalue weighted by atomic mass is 16.5. The summed E-state index contributed by atoms with van der Waals surface area (Å²) in [5.41, 5.74) is 3.56. The van der Waals surface area contributed by atoms with Crippen LogP contribution in [0.4, 0.5) is 5.69 Å². The maximum atomic E-state index is 5.41. The normalized spacial score (nSPS) is 11.1. The zero-order chi connectivity index (χ0) is 21.9. The predicted octanol–water partition coefficient (Wildman–Crippen LogP) is 3.08. The molecule has 30 heavy (non-hydrogen) atoms. The Labute approximate surface area is 180 Å². The topological polar surface area (TPSA) is 67.4 Å². The average molecular weight is 415 g/mol. The number of anilines is 1. The average Bonchev–Trinajstić information content (AvgIpc) is 2.77. The van der Waals surface area contributed by atoms with E-state index in [9.17, 15) is 0 Å². The van der Waals surface area contributed by atoms with Gasteiger partial charge in [0.05, 0.1) is 21.3 Å². The van der Waals surface area contributed by atoms with Crippen LogP contribution in [-0.2, 0) is 13.0 Å². The van der Waals surface area contributed by atoms with Gasteiger partial charge in [0.1, 0.15) is 0 Å². The van der Waals surface area contributed by atoms with Gasteiger partial charge in [-0.3, -0.25) is 4.99 Å². The van der Waals surface area contributed by atoms with Crippen molar-refractivity contribution in [2.75, 3.05) is 53.9 Å². The number of hydrogen-bond acceptors (Lipinski definition) is 5. The number of ether oxygens (including phenoxy) is 3. The Bertz CT molecular complexity index is 795. The summed E-state index contributed by atoms with van der Waals surface area (Å²) in [7, 11) is 10.7. The quantitative estimate of drug-likeness (QED) is 0.354. The van der Waals surface area contributed by atoms with Gasteiger partial charge >= 0.3 is 0 Å². The first-order valence-corrected chi connectivity index (χ1v) is 10.0. The van der Waals surface area contributed by atoms with Crippen LogP contribution in [0, 0.1) is 0 Å². The van der Waals surface area contributed by atoms with Gasteiger partial charge in [-0.15, -0.1) is 0 Å². The Morgan fingerprint density at radius 2 is 1.53 bits per heavy atom. The number of rotatable bonds is 10. The molecule has 0 aliphatic carbocycles. The van der Waals surface area contributed by atoms with E-state index in [0.29, 0.717) is 23.8 Å². The van der Waals surface area contributed by atoms with Crippen molar-refractivity contribution in [3.8, 4) is 17.2 Å². The molecule has 0 saturated carbocycles. The first kappa shape index (κ1) is 23.2. The van der Waals surface area contributed by atoms with Gasteiger partial charge in [0, 0.05) is 39.9 Å². The Balaban J connectivity index is 1.83. The molecule has 0 bridgehead atoms. The molecule has 0 aliphatic rings. The second-order valence-corrected chi connectivity index (χ2v) is 7.05. The number of aliphatic imine (C=N–C) groups is 1. The first-order valence-electron chi connectivity index (χ1n) is 10.0. The third-order valence-corrected chi connectivity index (χ3v) is 4.80. The van der Waals surface area contributed by atoms with Crippen LogP contribution in [-0.4, -0.2) is 55.0 Å². The van der Waals surface area contributed by atoms with Crippen LogP contribution in [0.25, 0.3) is 0 Å². The van der Waals surface area contributed by atoms with Crippen LogP contribution in [0.1, 0.15) is 17.5 Å². The van der Waals surface area contributed by atoms with Gasteiger partial charge in [0.2, 0.25) is 5.75 Å². The first-order chi connectivity index (χ1) is 14.5. The van der Waals surface area contributed by atoms with Gasteiger partial charge in [0.25, 0.3) is 0 Å². The van der Waals surface area contributed by atoms with Crippen LogP contribution in [0.5, 0.6) is 17.2 Å². The van der Waals surface area contributed by atoms with Gasteiger partial charge < -0.3 is 29.7 Å². The summed E-state index contributed by atoms with van der Waals surface area (Å²) >= 11 is 0. The Kier molecular flexibility index (Phi) is 9.12. The molecule has 0 amide bonds. The van der Waals surface area contributed by atoms with E-state index in [2.05, 4.69) is 58.9 Å². The van der Waals surface area contributed by atoms with E-state index in [1.807, 2.05) is 12.1 Å². The summed E-state index contributed by atoms with van der Waals surface area (Å²) in [6.07, 6.45) is 2.04. The molecule has 0 aromatic heterocycles. The van der Waals surface area contributed by atoms with Crippen molar-refractivity contribution < 1.29 is 14.2 Å². The minimum absolute atomic E-state index is 0.586. The van der Waals surface area contributed by atoms with Gasteiger partial charge in [-0.25, -0.2) is 0 Å². The fraction of sp³-hybridized carbons (Fsp3) is 0.435. The summed E-state index contributed by atoms with van der Waals surface area (Å²) in [6, 6.07) is 12.5. The number of nitrogens with zero attached hydrogens (tertiary/aromatic N) is 2. The molecule has 7 heteroatoms. The molecule has 0 saturated heterocycles. The third-order valence-electron chi connectivity index (χ3n) is 4.80. The molecule has 2 rings (SSSR count). The van der Waals surface area contributed by atoms with E-state index in [1.165, 1.54) is 11.3 Å². The summed E-state index contributed by atoms with van der Waals surface area (Å²) in [6.45, 7) is 1.42. The molecule has 2 N–H and O–H groups in total. The van der Waals surface area contributed by atoms with E-state index in [-0.39, 0.29) is 0 Å². The van der Waals surface area contributed by atoms with Crippen LogP contribution in [0.15, 0.2) is 41.4 Å². The van der Waals surface area contributed by atoms with E-state index in [4.69, 9.17) is 14.2 Å². The zero-order valence-corrected chi connectivity index (χ0v) is 18.9. The lowest BCUT2D eigenvalue weighted by atomic mass is 10.1. The van der Waals surface area contributed by atoms with Gasteiger partial charge in [-0.2, -0.15) is 0 Å². The molecule has 7 nitrogen and oxygen atoms in total. The van der Waals surface area contributed by atoms with Crippen LogP contribution < -0.4 is 29.7 Å². The molecule has 0 atom stereocenters. The Hall–Kier alpha value is -3.09. The lowest BCUT2D eigenvalue weighted by Crippen LogP contribution is -2.37. The maximum absolute atomic E-state index is 5.41. The molecule has 2 aromatic carbocycles. The molecule has 2 aromatic rings. The monoisotopic (exact) mass is 414 g/mol. The minimum atomic E-state index is 0.586. The van der Waals surface area contributed by atoms with Crippen molar-refractivity contribution >= 4 is 11.6 Å². The molecule has 0 heterocycles. The number of guanidine groups is 1. The van der Waals surface area contributed by atoms with Crippen molar-refractivity contribution in [1.82, 2.24) is 10.6 Å². The zero-order valence-electron chi connectivity index (χ0n) is 18.9. The lowest BCUT2D eigenvalue weighted by Gasteiger charge is -2.16. The third kappa shape index (κ3) is 6.47. The predicted molar refractivity (Wildman–Crippen MR) is 123 cm³/mol. The minimum Gasteiger partial charge on any atom is -0.493 e. The van der Waals surface area contributed by atoms with Crippen LogP contribution in [0.3, 0.4) is 0 Å². The number of nitrogens with one attached hydrogen (secondary N) is 2. The largest absolute Gasteiger partial charge is 0.493 e. The molecule has 164 valence electrons. The van der Waals surface area contributed by atoms with E-state index in [1.54, 1.807) is 28.4 Å². The van der Waals surface area contributed by atoms with Crippen molar-refractivity contribution in [3.63, 3.8) is 0 Å². The lowest BCUT2D eigenvalue weighted by molar-refractivity contribution is 0.323. The van der Waals surface area contributed by atoms with Gasteiger partial charge in [-0.05, 0) is 48.2 Å². The highest BCUT2D eigenvalue weighted by Crippen LogP contribution is 2.38. The molecule has 0 fully saturated rings. The second kappa shape index (κ2) is 11.8. The standard InChI is InChI=1S/C23H34N4O3/c1-24-23(25-13-7-8-17-9-11-19(12-10-17)27(2)3)26-16-18-14-20(28-4)22(30-6)21(15-18)29-5/h9-12,14-15H,7-8,13,16H2,1-6H3,(H2,24,25,26). The van der Waals surface area contributed by atoms with E-state index in [0.717, 1.165) is 30.9 Å². The van der Waals surface area contributed by atoms with Gasteiger partial charge in [-0.1, -0.05) is 12.1 Å². The SMILES string of the molecule is CN=C(NCCCc1ccc(N(C)C)cc1)NCc1cc(OC)c(OC)c(OC)c1. The number of aryl methyl sites for hydroxylation is 1. The van der Waals surface area contributed by atoms with Crippen molar-refractivity contribution in [1.29, 1.82) is 0 Å². The van der Waals surface area contributed by atoms with Gasteiger partial charge in [0.15, 0.2) is 17.5 Å². The molecular formula is C23H34N4O3. The maximum Gasteiger partial charge on any atom is 0.203 e. The van der Waals surface area contributed by atoms with Crippen LogP contribution in [0.2, 0.25) is 0 Å². The molecule has 0 aliphatic heterocycles. The van der Waals surface area contributed by atoms with E-state index < -0.39 is 0 Å². The fourth-order valence-corrected chi connectivity index (χ4v) is 3.10. The smallest absolute Gasteiger partial charge is 0.203 e.